The number of fused-ring (bicyclic) bond motifs is 1. The lowest BCUT2D eigenvalue weighted by Crippen LogP contribution is -2.39. The van der Waals surface area contributed by atoms with E-state index in [-0.39, 0.29) is 16.9 Å². The second-order valence-corrected chi connectivity index (χ2v) is 11.0. The first-order valence-corrected chi connectivity index (χ1v) is 13.8. The third-order valence-corrected chi connectivity index (χ3v) is 7.89. The number of nitrogens with zero attached hydrogens (tertiary/aromatic N) is 3. The molecule has 3 aromatic carbocycles. The van der Waals surface area contributed by atoms with Gasteiger partial charge in [-0.1, -0.05) is 47.7 Å². The van der Waals surface area contributed by atoms with Gasteiger partial charge in [-0.2, -0.15) is 0 Å². The number of rotatable bonds is 8. The van der Waals surface area contributed by atoms with Crippen LogP contribution in [0.1, 0.15) is 46.9 Å². The largest absolute Gasteiger partial charge is 0.489 e. The normalized spacial score (nSPS) is 14.8. The molecule has 1 aromatic heterocycles. The zero-order valence-corrected chi connectivity index (χ0v) is 23.9. The molecule has 0 radical (unpaired) electrons. The highest BCUT2D eigenvalue weighted by atomic mass is 32.1. The molecule has 0 fully saturated rings. The number of hydrogen-bond donors (Lipinski definition) is 1. The van der Waals surface area contributed by atoms with Gasteiger partial charge in [-0.15, -0.1) is 0 Å². The van der Waals surface area contributed by atoms with Crippen LogP contribution < -0.4 is 24.5 Å². The zero-order chi connectivity index (χ0) is 29.3. The van der Waals surface area contributed by atoms with Crippen molar-refractivity contribution in [3.63, 3.8) is 0 Å². The molecule has 0 amide bonds. The molecule has 0 aliphatic carbocycles. The lowest BCUT2D eigenvalue weighted by Gasteiger charge is -2.25. The van der Waals surface area contributed by atoms with E-state index in [9.17, 15) is 14.4 Å². The second kappa shape index (κ2) is 11.4. The van der Waals surface area contributed by atoms with Crippen molar-refractivity contribution in [2.24, 2.45) is 4.99 Å². The maximum atomic E-state index is 13.7. The molecule has 1 atom stereocenters. The van der Waals surface area contributed by atoms with Crippen LogP contribution in [0.3, 0.4) is 0 Å². The van der Waals surface area contributed by atoms with Crippen LogP contribution >= 0.6 is 11.3 Å². The fraction of sp³-hybridized carbons (Fsp3) is 0.188. The van der Waals surface area contributed by atoms with Crippen LogP contribution in [-0.2, 0) is 11.4 Å². The van der Waals surface area contributed by atoms with Crippen molar-refractivity contribution in [1.29, 1.82) is 0 Å². The van der Waals surface area contributed by atoms with Crippen molar-refractivity contribution in [1.82, 2.24) is 4.57 Å². The maximum absolute atomic E-state index is 13.7. The predicted octanol–water partition coefficient (Wildman–Crippen LogP) is 4.17. The summed E-state index contributed by atoms with van der Waals surface area (Å²) in [5.74, 6) is -0.437. The standard InChI is InChI=1S/C32H29N3O5S/c1-19-28(20(2)36)29(23-11-13-25(14-12-23)34(3)4)35-30(37)27(41-32(35)33-19)17-21-7-15-26(16-8-21)40-18-22-5-9-24(10-6-22)31(38)39/h5-17,29H,18H2,1-4H3,(H,38,39)/b27-17+. The lowest BCUT2D eigenvalue weighted by molar-refractivity contribution is -0.114. The molecule has 0 saturated carbocycles. The van der Waals surface area contributed by atoms with E-state index in [1.165, 1.54) is 18.3 Å². The number of carboxylic acids is 1. The van der Waals surface area contributed by atoms with Gasteiger partial charge in [-0.3, -0.25) is 14.2 Å². The molecular formula is C32H29N3O5S. The van der Waals surface area contributed by atoms with Crippen LogP contribution in [0.4, 0.5) is 5.69 Å². The van der Waals surface area contributed by atoms with Gasteiger partial charge >= 0.3 is 5.97 Å². The molecule has 208 valence electrons. The Bertz CT molecular complexity index is 1830. The summed E-state index contributed by atoms with van der Waals surface area (Å²) < 4.78 is 7.98. The first-order chi connectivity index (χ1) is 19.6. The van der Waals surface area contributed by atoms with Gasteiger partial charge in [0.1, 0.15) is 12.4 Å². The van der Waals surface area contributed by atoms with Gasteiger partial charge < -0.3 is 14.7 Å². The number of ether oxygens (including phenoxy) is 1. The molecule has 4 aromatic rings. The summed E-state index contributed by atoms with van der Waals surface area (Å²) in [6, 6.07) is 21.2. The molecule has 0 bridgehead atoms. The van der Waals surface area contributed by atoms with E-state index in [1.807, 2.05) is 80.5 Å². The number of anilines is 1. The Morgan fingerprint density at radius 3 is 2.27 bits per heavy atom. The van der Waals surface area contributed by atoms with E-state index >= 15 is 0 Å². The average Bonchev–Trinajstić information content (AvgIpc) is 3.25. The third kappa shape index (κ3) is 5.76. The van der Waals surface area contributed by atoms with E-state index in [1.54, 1.807) is 28.8 Å². The molecule has 41 heavy (non-hydrogen) atoms. The van der Waals surface area contributed by atoms with Gasteiger partial charge in [-0.05, 0) is 73.0 Å². The smallest absolute Gasteiger partial charge is 0.335 e. The van der Waals surface area contributed by atoms with Crippen molar-refractivity contribution in [3.8, 4) is 5.75 Å². The number of carbonyl (C=O) groups is 2. The maximum Gasteiger partial charge on any atom is 0.335 e. The number of aromatic carboxylic acids is 1. The summed E-state index contributed by atoms with van der Waals surface area (Å²) in [5, 5.41) is 9.04. The predicted molar refractivity (Wildman–Crippen MR) is 159 cm³/mol. The number of aromatic nitrogens is 1. The molecule has 5 rings (SSSR count). The van der Waals surface area contributed by atoms with Crippen LogP contribution in [0.5, 0.6) is 5.75 Å². The van der Waals surface area contributed by atoms with Gasteiger partial charge in [-0.25, -0.2) is 9.79 Å². The molecule has 8 nitrogen and oxygen atoms in total. The van der Waals surface area contributed by atoms with Gasteiger partial charge in [0.25, 0.3) is 5.56 Å². The Hall–Kier alpha value is -4.76. The van der Waals surface area contributed by atoms with E-state index in [0.717, 1.165) is 22.4 Å². The molecule has 1 N–H and O–H groups in total. The third-order valence-electron chi connectivity index (χ3n) is 6.91. The summed E-state index contributed by atoms with van der Waals surface area (Å²) in [4.78, 5) is 44.7. The molecule has 1 aliphatic rings. The molecule has 9 heteroatoms. The van der Waals surface area contributed by atoms with Gasteiger partial charge in [0.05, 0.1) is 16.1 Å². The number of carboxylic acid groups (broad SMARTS) is 1. The van der Waals surface area contributed by atoms with Gasteiger partial charge in [0.15, 0.2) is 10.6 Å². The van der Waals surface area contributed by atoms with E-state index in [2.05, 4.69) is 4.99 Å². The first kappa shape index (κ1) is 27.8. The summed E-state index contributed by atoms with van der Waals surface area (Å²) >= 11 is 1.30. The number of ketones is 1. The highest BCUT2D eigenvalue weighted by Crippen LogP contribution is 2.31. The highest BCUT2D eigenvalue weighted by Gasteiger charge is 2.30. The van der Waals surface area contributed by atoms with Crippen LogP contribution in [0.25, 0.3) is 6.08 Å². The summed E-state index contributed by atoms with van der Waals surface area (Å²) in [7, 11) is 3.92. The second-order valence-electron chi connectivity index (χ2n) is 9.98. The lowest BCUT2D eigenvalue weighted by atomic mass is 9.93. The number of hydrogen-bond acceptors (Lipinski definition) is 7. The van der Waals surface area contributed by atoms with Crippen molar-refractivity contribution in [2.45, 2.75) is 26.5 Å². The van der Waals surface area contributed by atoms with Crippen LogP contribution in [0, 0.1) is 0 Å². The number of thiazole rings is 1. The van der Waals surface area contributed by atoms with Crippen molar-refractivity contribution in [2.75, 3.05) is 19.0 Å². The number of allylic oxidation sites excluding steroid dienone is 2. The van der Waals surface area contributed by atoms with E-state index in [4.69, 9.17) is 9.84 Å². The highest BCUT2D eigenvalue weighted by molar-refractivity contribution is 7.07. The average molecular weight is 568 g/mol. The van der Waals surface area contributed by atoms with Crippen molar-refractivity contribution < 1.29 is 19.4 Å². The number of carbonyl (C=O) groups excluding carboxylic acids is 1. The number of benzene rings is 3. The van der Waals surface area contributed by atoms with Gasteiger partial charge in [0.2, 0.25) is 0 Å². The fourth-order valence-electron chi connectivity index (χ4n) is 4.76. The van der Waals surface area contributed by atoms with Crippen LogP contribution in [-0.4, -0.2) is 35.5 Å². The SMILES string of the molecule is CC(=O)C1=C(C)N=c2s/c(=C/c3ccc(OCc4ccc(C(=O)O)cc4)cc3)c(=O)n2C1c1ccc(N(C)C)cc1. The molecule has 2 heterocycles. The minimum atomic E-state index is -0.968. The van der Waals surface area contributed by atoms with E-state index < -0.39 is 12.0 Å². The molecule has 1 unspecified atom stereocenters. The summed E-state index contributed by atoms with van der Waals surface area (Å²) in [5.41, 5.74) is 4.70. The van der Waals surface area contributed by atoms with Crippen molar-refractivity contribution in [3.05, 3.63) is 126 Å². The Balaban J connectivity index is 1.44. The monoisotopic (exact) mass is 567 g/mol. The fourth-order valence-corrected chi connectivity index (χ4v) is 5.81. The topological polar surface area (TPSA) is 101 Å². The Morgan fingerprint density at radius 2 is 1.68 bits per heavy atom. The van der Waals surface area contributed by atoms with E-state index in [0.29, 0.717) is 33.0 Å². The number of Topliss-reactive ketones (excluding diaryl/α,β-unsaturated/α-hetero) is 1. The Morgan fingerprint density at radius 1 is 1.02 bits per heavy atom. The summed E-state index contributed by atoms with van der Waals surface area (Å²) in [6.07, 6.45) is 1.82. The zero-order valence-electron chi connectivity index (χ0n) is 23.1. The quantitative estimate of drug-likeness (QED) is 0.343. The first-order valence-electron chi connectivity index (χ1n) is 13.0. The Kier molecular flexibility index (Phi) is 7.72. The molecule has 0 spiro atoms. The van der Waals surface area contributed by atoms with Crippen LogP contribution in [0.15, 0.2) is 93.9 Å². The van der Waals surface area contributed by atoms with Crippen molar-refractivity contribution >= 4 is 34.9 Å². The molecule has 1 aliphatic heterocycles. The molecular weight excluding hydrogens is 538 g/mol. The Labute approximate surface area is 240 Å². The minimum Gasteiger partial charge on any atom is -0.489 e. The molecule has 0 saturated heterocycles. The van der Waals surface area contributed by atoms with Gasteiger partial charge in [0, 0.05) is 31.1 Å². The van der Waals surface area contributed by atoms with Crippen LogP contribution in [0.2, 0.25) is 0 Å². The minimum absolute atomic E-state index is 0.115. The summed E-state index contributed by atoms with van der Waals surface area (Å²) in [6.45, 7) is 3.62.